The van der Waals surface area contributed by atoms with Crippen LogP contribution in [0.1, 0.15) is 59.7 Å². The van der Waals surface area contributed by atoms with Gasteiger partial charge in [0.25, 0.3) is 5.91 Å². The maximum absolute atomic E-state index is 14.6. The fourth-order valence-electron chi connectivity index (χ4n) is 4.12. The number of hydrogen-bond acceptors (Lipinski definition) is 2. The summed E-state index contributed by atoms with van der Waals surface area (Å²) in [5.41, 5.74) is -3.84. The number of anilines is 1. The minimum Gasteiger partial charge on any atom is -0.336 e. The van der Waals surface area contributed by atoms with Gasteiger partial charge < -0.3 is 10.6 Å². The first-order valence-corrected chi connectivity index (χ1v) is 12.3. The zero-order valence-corrected chi connectivity index (χ0v) is 21.8. The molecule has 0 radical (unpaired) electrons. The predicted octanol–water partition coefficient (Wildman–Crippen LogP) is 6.99. The van der Waals surface area contributed by atoms with Crippen molar-refractivity contribution in [3.63, 3.8) is 0 Å². The van der Waals surface area contributed by atoms with Crippen molar-refractivity contribution in [3.05, 3.63) is 63.7 Å². The summed E-state index contributed by atoms with van der Waals surface area (Å²) in [6, 6.07) is 6.96. The van der Waals surface area contributed by atoms with Gasteiger partial charge in [0.15, 0.2) is 0 Å². The molecule has 0 heterocycles. The first-order valence-electron chi connectivity index (χ1n) is 11.2. The van der Waals surface area contributed by atoms with Crippen LogP contribution in [0.4, 0.5) is 23.2 Å². The molecule has 2 aliphatic carbocycles. The van der Waals surface area contributed by atoms with Crippen molar-refractivity contribution in [2.75, 3.05) is 5.32 Å². The summed E-state index contributed by atoms with van der Waals surface area (Å²) in [4.78, 5) is 25.7. The average Bonchev–Trinajstić information content (AvgIpc) is 3.68. The van der Waals surface area contributed by atoms with Crippen LogP contribution in [0.3, 0.4) is 0 Å². The van der Waals surface area contributed by atoms with Crippen LogP contribution in [0.2, 0.25) is 5.02 Å². The van der Waals surface area contributed by atoms with E-state index in [-0.39, 0.29) is 27.4 Å². The van der Waals surface area contributed by atoms with Gasteiger partial charge in [0.2, 0.25) is 5.91 Å². The highest BCUT2D eigenvalue weighted by Crippen LogP contribution is 2.65. The molecule has 2 aliphatic rings. The summed E-state index contributed by atoms with van der Waals surface area (Å²) < 4.78 is 53.4. The van der Waals surface area contributed by atoms with E-state index >= 15 is 0 Å². The van der Waals surface area contributed by atoms with E-state index in [0.29, 0.717) is 12.8 Å². The fraction of sp³-hybridized carbons (Fsp3) is 0.385. The van der Waals surface area contributed by atoms with Gasteiger partial charge in [-0.3, -0.25) is 9.59 Å². The van der Waals surface area contributed by atoms with Crippen LogP contribution in [0.25, 0.3) is 0 Å². The molecular formula is C26H21Cl3F4N2O2. The number of benzene rings is 2. The molecule has 0 aromatic heterocycles. The van der Waals surface area contributed by atoms with Gasteiger partial charge in [-0.1, -0.05) is 23.6 Å². The monoisotopic (exact) mass is 574 g/mol. The highest BCUT2D eigenvalue weighted by molar-refractivity contribution is 6.53. The van der Waals surface area contributed by atoms with E-state index in [2.05, 4.69) is 16.6 Å². The summed E-state index contributed by atoms with van der Waals surface area (Å²) in [6.07, 6.45) is 1.98. The quantitative estimate of drug-likeness (QED) is 0.222. The van der Waals surface area contributed by atoms with Crippen molar-refractivity contribution in [3.8, 4) is 12.3 Å². The molecule has 196 valence electrons. The molecule has 2 atom stereocenters. The molecule has 37 heavy (non-hydrogen) atoms. The maximum Gasteiger partial charge on any atom is 0.416 e. The van der Waals surface area contributed by atoms with Gasteiger partial charge in [-0.2, -0.15) is 13.2 Å². The lowest BCUT2D eigenvalue weighted by Crippen LogP contribution is -2.35. The molecule has 2 amide bonds. The summed E-state index contributed by atoms with van der Waals surface area (Å²) in [5.74, 6) is -0.846. The molecule has 2 aromatic rings. The van der Waals surface area contributed by atoms with Crippen LogP contribution in [-0.2, 0) is 16.6 Å². The number of halogens is 7. The van der Waals surface area contributed by atoms with Crippen LogP contribution in [0.15, 0.2) is 36.4 Å². The van der Waals surface area contributed by atoms with Crippen LogP contribution >= 0.6 is 34.8 Å². The Morgan fingerprint density at radius 3 is 2.22 bits per heavy atom. The lowest BCUT2D eigenvalue weighted by Gasteiger charge is -2.19. The second-order valence-electron chi connectivity index (χ2n) is 9.81. The predicted molar refractivity (Wildman–Crippen MR) is 135 cm³/mol. The molecule has 0 aliphatic heterocycles. The Balaban J connectivity index is 1.58. The number of rotatable bonds is 6. The van der Waals surface area contributed by atoms with Gasteiger partial charge >= 0.3 is 6.18 Å². The number of nitrogens with one attached hydrogen (secondary N) is 2. The number of amides is 2. The lowest BCUT2D eigenvalue weighted by molar-refractivity contribution is -0.137. The van der Waals surface area contributed by atoms with Crippen LogP contribution in [0, 0.1) is 18.3 Å². The SMILES string of the molecule is C#CC1(NC(=O)c2cc(NC(=O)C3C(c4cc(C(C)(C)F)cc(C(F)(F)F)c4)C3(Cl)Cl)ccc2Cl)CC1. The molecule has 2 aromatic carbocycles. The van der Waals surface area contributed by atoms with Gasteiger partial charge in [-0.15, -0.1) is 29.6 Å². The number of carbonyl (C=O) groups is 2. The van der Waals surface area contributed by atoms with E-state index < -0.39 is 50.9 Å². The van der Waals surface area contributed by atoms with Crippen molar-refractivity contribution in [1.29, 1.82) is 0 Å². The van der Waals surface area contributed by atoms with Gasteiger partial charge in [0, 0.05) is 11.6 Å². The van der Waals surface area contributed by atoms with Gasteiger partial charge in [-0.05, 0) is 68.1 Å². The number of hydrogen-bond donors (Lipinski definition) is 2. The Morgan fingerprint density at radius 1 is 1.05 bits per heavy atom. The minimum absolute atomic E-state index is 0.0131. The molecule has 0 bridgehead atoms. The first-order chi connectivity index (χ1) is 17.0. The second kappa shape index (κ2) is 9.07. The molecule has 2 N–H and O–H groups in total. The van der Waals surface area contributed by atoms with E-state index in [9.17, 15) is 27.2 Å². The van der Waals surface area contributed by atoms with E-state index in [1.165, 1.54) is 24.3 Å². The maximum atomic E-state index is 14.6. The Labute approximate surface area is 226 Å². The Bertz CT molecular complexity index is 1290. The fourth-order valence-corrected chi connectivity index (χ4v) is 5.15. The topological polar surface area (TPSA) is 58.2 Å². The van der Waals surface area contributed by atoms with Crippen molar-refractivity contribution in [2.45, 2.75) is 54.3 Å². The molecule has 4 rings (SSSR count). The third-order valence-electron chi connectivity index (χ3n) is 6.52. The summed E-state index contributed by atoms with van der Waals surface area (Å²) in [6.45, 7) is 2.25. The van der Waals surface area contributed by atoms with Gasteiger partial charge in [-0.25, -0.2) is 4.39 Å². The van der Waals surface area contributed by atoms with Crippen LogP contribution in [-0.4, -0.2) is 21.7 Å². The molecule has 0 spiro atoms. The third kappa shape index (κ3) is 5.55. The zero-order valence-electron chi connectivity index (χ0n) is 19.6. The van der Waals surface area contributed by atoms with Crippen molar-refractivity contribution in [1.82, 2.24) is 5.32 Å². The molecule has 4 nitrogen and oxygen atoms in total. The van der Waals surface area contributed by atoms with E-state index in [4.69, 9.17) is 41.2 Å². The van der Waals surface area contributed by atoms with Crippen molar-refractivity contribution >= 4 is 52.3 Å². The first kappa shape index (κ1) is 27.6. The highest BCUT2D eigenvalue weighted by Gasteiger charge is 2.68. The molecule has 11 heteroatoms. The third-order valence-corrected chi connectivity index (χ3v) is 7.79. The molecular weight excluding hydrogens is 555 g/mol. The molecule has 0 saturated heterocycles. The van der Waals surface area contributed by atoms with E-state index in [0.717, 1.165) is 26.0 Å². The Hall–Kier alpha value is -2.47. The van der Waals surface area contributed by atoms with E-state index in [1.807, 2.05) is 0 Å². The minimum atomic E-state index is -4.75. The number of alkyl halides is 6. The number of carbonyl (C=O) groups excluding carboxylic acids is 2. The average molecular weight is 576 g/mol. The zero-order chi connectivity index (χ0) is 27.6. The molecule has 2 unspecified atom stereocenters. The smallest absolute Gasteiger partial charge is 0.336 e. The Kier molecular flexibility index (Phi) is 6.76. The normalized spacial score (nSPS) is 21.5. The van der Waals surface area contributed by atoms with Gasteiger partial charge in [0.1, 0.15) is 15.5 Å². The second-order valence-corrected chi connectivity index (χ2v) is 11.7. The number of terminal acetylenes is 1. The van der Waals surface area contributed by atoms with Crippen molar-refractivity contribution in [2.24, 2.45) is 5.92 Å². The van der Waals surface area contributed by atoms with Crippen LogP contribution in [0.5, 0.6) is 0 Å². The standard InChI is InChI=1S/C26H21Cl3F4N2O2/c1-4-24(7-8-24)35-21(36)17-12-16(5-6-18(17)27)34-22(37)20-19(25(20,28)29)13-9-14(23(2,3)30)11-15(10-13)26(31,32)33/h1,5-6,9-12,19-20H,7-8H2,2-3H3,(H,34,37)(H,35,36). The largest absolute Gasteiger partial charge is 0.416 e. The highest BCUT2D eigenvalue weighted by atomic mass is 35.5. The summed E-state index contributed by atoms with van der Waals surface area (Å²) in [7, 11) is 0. The van der Waals surface area contributed by atoms with Crippen molar-refractivity contribution < 1.29 is 27.2 Å². The van der Waals surface area contributed by atoms with E-state index in [1.54, 1.807) is 0 Å². The Morgan fingerprint density at radius 2 is 1.68 bits per heavy atom. The van der Waals surface area contributed by atoms with Crippen LogP contribution < -0.4 is 10.6 Å². The van der Waals surface area contributed by atoms with Gasteiger partial charge in [0.05, 0.1) is 22.1 Å². The molecule has 2 fully saturated rings. The summed E-state index contributed by atoms with van der Waals surface area (Å²) >= 11 is 18.8. The molecule has 2 saturated carbocycles. The lowest BCUT2D eigenvalue weighted by atomic mass is 9.93. The summed E-state index contributed by atoms with van der Waals surface area (Å²) in [5, 5.41) is 5.44.